The van der Waals surface area contributed by atoms with Gasteiger partial charge in [-0.1, -0.05) is 16.6 Å². The number of nitrogens with zero attached hydrogens (tertiary/aromatic N) is 3. The Kier molecular flexibility index (Phi) is 3.83. The topological polar surface area (TPSA) is 85.9 Å². The Hall–Kier alpha value is -3.33. The quantitative estimate of drug-likeness (QED) is 0.693. The number of allylic oxidation sites excluding steroid dienone is 1. The maximum atomic E-state index is 14.4. The predicted octanol–water partition coefficient (Wildman–Crippen LogP) is 2.11. The molecule has 1 amide bonds. The Balaban J connectivity index is 1.71. The van der Waals surface area contributed by atoms with Gasteiger partial charge in [-0.3, -0.25) is 9.89 Å². The van der Waals surface area contributed by atoms with Crippen molar-refractivity contribution < 1.29 is 13.7 Å². The number of benzene rings is 1. The second-order valence-corrected chi connectivity index (χ2v) is 6.94. The molecule has 2 aromatic rings. The third kappa shape index (κ3) is 2.63. The van der Waals surface area contributed by atoms with Crippen LogP contribution in [0.25, 0.3) is 0 Å². The van der Waals surface area contributed by atoms with Crippen LogP contribution in [0.4, 0.5) is 8.87 Å². The summed E-state index contributed by atoms with van der Waals surface area (Å²) in [5.41, 5.74) is 6.17. The van der Waals surface area contributed by atoms with Crippen molar-refractivity contribution in [1.82, 2.24) is 31.2 Å². The van der Waals surface area contributed by atoms with Gasteiger partial charge in [0.1, 0.15) is 23.7 Å². The highest BCUT2D eigenvalue weighted by Crippen LogP contribution is 2.51. The van der Waals surface area contributed by atoms with Crippen molar-refractivity contribution in [3.8, 4) is 0 Å². The zero-order chi connectivity index (χ0) is 19.3. The molecule has 0 radical (unpaired) electrons. The number of hydrazine groups is 1. The van der Waals surface area contributed by atoms with E-state index in [0.29, 0.717) is 29.6 Å². The van der Waals surface area contributed by atoms with Gasteiger partial charge < -0.3 is 5.32 Å². The molecule has 1 aromatic carbocycles. The highest BCUT2D eigenvalue weighted by atomic mass is 19.2. The number of nitrogens with one attached hydrogen (secondary N) is 3. The highest BCUT2D eigenvalue weighted by Gasteiger charge is 2.42. The van der Waals surface area contributed by atoms with E-state index in [0.717, 1.165) is 16.7 Å². The summed E-state index contributed by atoms with van der Waals surface area (Å²) < 4.78 is 27.9. The molecular weight excluding hydrogens is 366 g/mol. The number of hydrogen-bond donors (Lipinski definition) is 3. The average Bonchev–Trinajstić information content (AvgIpc) is 3.16. The third-order valence-corrected chi connectivity index (χ3v) is 5.41. The minimum absolute atomic E-state index is 0.0808. The van der Waals surface area contributed by atoms with Crippen LogP contribution in [-0.4, -0.2) is 32.9 Å². The third-order valence-electron chi connectivity index (χ3n) is 5.41. The molecule has 3 heterocycles. The fourth-order valence-electron chi connectivity index (χ4n) is 4.23. The van der Waals surface area contributed by atoms with Gasteiger partial charge in [-0.2, -0.15) is 5.10 Å². The molecule has 0 saturated heterocycles. The molecular formula is C19H16F2N6O. The minimum Gasteiger partial charge on any atom is -0.329 e. The van der Waals surface area contributed by atoms with Gasteiger partial charge in [0.2, 0.25) is 5.91 Å². The first-order valence-corrected chi connectivity index (χ1v) is 8.87. The van der Waals surface area contributed by atoms with Crippen LogP contribution in [0, 0.1) is 5.82 Å². The van der Waals surface area contributed by atoms with E-state index in [2.05, 4.69) is 25.9 Å². The number of carbonyl (C=O) groups is 1. The van der Waals surface area contributed by atoms with E-state index in [4.69, 9.17) is 0 Å². The number of aromatic amines is 1. The van der Waals surface area contributed by atoms with E-state index in [-0.39, 0.29) is 23.4 Å². The summed E-state index contributed by atoms with van der Waals surface area (Å²) in [6.07, 6.45) is 4.87. The Bertz CT molecular complexity index is 1030. The van der Waals surface area contributed by atoms with Gasteiger partial charge in [-0.25, -0.2) is 14.8 Å². The molecule has 2 atom stereocenters. The Morgan fingerprint density at radius 3 is 2.79 bits per heavy atom. The van der Waals surface area contributed by atoms with Gasteiger partial charge in [0.15, 0.2) is 0 Å². The molecule has 3 N–H and O–H groups in total. The summed E-state index contributed by atoms with van der Waals surface area (Å²) in [6.45, 7) is 0.315. The number of rotatable bonds is 2. The van der Waals surface area contributed by atoms with Gasteiger partial charge in [-0.15, -0.1) is 5.23 Å². The summed E-state index contributed by atoms with van der Waals surface area (Å²) in [4.78, 5) is 16.4. The van der Waals surface area contributed by atoms with Crippen molar-refractivity contribution in [2.45, 2.75) is 18.3 Å². The van der Waals surface area contributed by atoms with E-state index in [1.807, 2.05) is 0 Å². The monoisotopic (exact) mass is 382 g/mol. The Morgan fingerprint density at radius 2 is 2.04 bits per heavy atom. The summed E-state index contributed by atoms with van der Waals surface area (Å²) in [5.74, 6) is -0.506. The molecule has 2 unspecified atom stereocenters. The van der Waals surface area contributed by atoms with Crippen molar-refractivity contribution in [3.05, 3.63) is 82.5 Å². The predicted molar refractivity (Wildman–Crippen MR) is 95.2 cm³/mol. The normalized spacial score (nSPS) is 24.2. The van der Waals surface area contributed by atoms with Gasteiger partial charge in [0.25, 0.3) is 0 Å². The molecule has 1 aliphatic carbocycles. The SMILES string of the molecule is O=C1C=C2C3=C(CNN2F)CC(c2ccc(F)cc2)C(c2ncn[nH]2)C3=CN1. The maximum absolute atomic E-state index is 14.4. The number of amides is 1. The molecule has 0 spiro atoms. The molecule has 2 aliphatic heterocycles. The zero-order valence-electron chi connectivity index (χ0n) is 14.6. The van der Waals surface area contributed by atoms with E-state index < -0.39 is 5.91 Å². The molecule has 9 heteroatoms. The lowest BCUT2D eigenvalue weighted by Gasteiger charge is -2.40. The van der Waals surface area contributed by atoms with Crippen LogP contribution in [-0.2, 0) is 4.79 Å². The number of hydrogen-bond acceptors (Lipinski definition) is 5. The van der Waals surface area contributed by atoms with Crippen LogP contribution in [0.1, 0.15) is 29.6 Å². The van der Waals surface area contributed by atoms with Crippen LogP contribution in [0.3, 0.4) is 0 Å². The van der Waals surface area contributed by atoms with Gasteiger partial charge >= 0.3 is 0 Å². The Labute approximate surface area is 158 Å². The highest BCUT2D eigenvalue weighted by molar-refractivity contribution is 5.91. The van der Waals surface area contributed by atoms with Crippen LogP contribution >= 0.6 is 0 Å². The molecule has 3 aliphatic rings. The zero-order valence-corrected chi connectivity index (χ0v) is 14.6. The van der Waals surface area contributed by atoms with Crippen LogP contribution < -0.4 is 10.7 Å². The van der Waals surface area contributed by atoms with Crippen LogP contribution in [0.5, 0.6) is 0 Å². The molecule has 1 aromatic heterocycles. The molecule has 5 rings (SSSR count). The molecule has 28 heavy (non-hydrogen) atoms. The van der Waals surface area contributed by atoms with Gasteiger partial charge in [-0.05, 0) is 35.3 Å². The number of halogens is 2. The molecule has 7 nitrogen and oxygen atoms in total. The van der Waals surface area contributed by atoms with Crippen molar-refractivity contribution >= 4 is 5.91 Å². The summed E-state index contributed by atoms with van der Waals surface area (Å²) >= 11 is 0. The average molecular weight is 382 g/mol. The van der Waals surface area contributed by atoms with Gasteiger partial charge in [0, 0.05) is 30.3 Å². The number of carbonyl (C=O) groups excluding carboxylic acids is 1. The van der Waals surface area contributed by atoms with Gasteiger partial charge in [0.05, 0.1) is 5.92 Å². The molecule has 0 bridgehead atoms. The lowest BCUT2D eigenvalue weighted by atomic mass is 9.68. The number of H-pyrrole nitrogens is 1. The summed E-state index contributed by atoms with van der Waals surface area (Å²) in [7, 11) is 0. The van der Waals surface area contributed by atoms with E-state index in [1.54, 1.807) is 18.3 Å². The standard InChI is InChI=1S/C19H16F2N6O/c20-12-3-1-10(2-4-12)13-5-11-7-25-27(21)15-6-16(28)22-8-14(17(11)15)18(13)19-23-9-24-26-19/h1-4,6,8-9,13,18,25H,5,7H2,(H,22,28)(H,23,24,26). The fraction of sp³-hybridized carbons (Fsp3) is 0.211. The second kappa shape index (κ2) is 6.38. The van der Waals surface area contributed by atoms with Crippen molar-refractivity contribution in [3.63, 3.8) is 0 Å². The van der Waals surface area contributed by atoms with Crippen molar-refractivity contribution in [1.29, 1.82) is 0 Å². The fourth-order valence-corrected chi connectivity index (χ4v) is 4.23. The van der Waals surface area contributed by atoms with E-state index in [9.17, 15) is 13.7 Å². The van der Waals surface area contributed by atoms with E-state index >= 15 is 0 Å². The van der Waals surface area contributed by atoms with Crippen molar-refractivity contribution in [2.24, 2.45) is 0 Å². The summed E-state index contributed by atoms with van der Waals surface area (Å²) in [6, 6.07) is 6.35. The largest absolute Gasteiger partial charge is 0.329 e. The lowest BCUT2D eigenvalue weighted by Crippen LogP contribution is -2.41. The first kappa shape index (κ1) is 16.8. The molecule has 0 saturated carbocycles. The summed E-state index contributed by atoms with van der Waals surface area (Å²) in [5, 5.41) is 9.95. The maximum Gasteiger partial charge on any atom is 0.250 e. The van der Waals surface area contributed by atoms with Crippen LogP contribution in [0.15, 0.2) is 65.3 Å². The number of aromatic nitrogens is 3. The Morgan fingerprint density at radius 1 is 1.21 bits per heavy atom. The first-order chi connectivity index (χ1) is 13.6. The van der Waals surface area contributed by atoms with Crippen LogP contribution in [0.2, 0.25) is 0 Å². The lowest BCUT2D eigenvalue weighted by molar-refractivity contribution is -0.115. The minimum atomic E-state index is -0.412. The van der Waals surface area contributed by atoms with Crippen molar-refractivity contribution in [2.75, 3.05) is 6.54 Å². The van der Waals surface area contributed by atoms with E-state index in [1.165, 1.54) is 24.5 Å². The first-order valence-electron chi connectivity index (χ1n) is 8.87. The smallest absolute Gasteiger partial charge is 0.250 e. The molecule has 142 valence electrons. The second-order valence-electron chi connectivity index (χ2n) is 6.94. The molecule has 0 fully saturated rings.